The molecule has 0 radical (unpaired) electrons. The molecule has 2 aromatic carbocycles. The molecule has 2 aromatic rings. The summed E-state index contributed by atoms with van der Waals surface area (Å²) in [6, 6.07) is 7.92. The lowest BCUT2D eigenvalue weighted by Gasteiger charge is -2.13. The Morgan fingerprint density at radius 1 is 1.19 bits per heavy atom. The first-order valence-corrected chi connectivity index (χ1v) is 8.78. The van der Waals surface area contributed by atoms with Crippen LogP contribution in [-0.2, 0) is 10.0 Å². The molecule has 8 heteroatoms. The zero-order valence-electron chi connectivity index (χ0n) is 10.8. The molecule has 0 saturated carbocycles. The van der Waals surface area contributed by atoms with E-state index < -0.39 is 10.0 Å². The molecule has 0 atom stereocenters. The van der Waals surface area contributed by atoms with Crippen molar-refractivity contribution in [1.29, 1.82) is 0 Å². The number of rotatable bonds is 3. The summed E-state index contributed by atoms with van der Waals surface area (Å²) >= 11 is 15.1. The number of sulfonamides is 1. The van der Waals surface area contributed by atoms with Gasteiger partial charge in [-0.3, -0.25) is 4.72 Å². The van der Waals surface area contributed by atoms with Gasteiger partial charge >= 0.3 is 0 Å². The summed E-state index contributed by atoms with van der Waals surface area (Å²) in [7, 11) is -3.86. The Kier molecular flexibility index (Phi) is 4.72. The molecule has 0 aromatic heterocycles. The van der Waals surface area contributed by atoms with E-state index in [-0.39, 0.29) is 20.6 Å². The predicted molar refractivity (Wildman–Crippen MR) is 90.6 cm³/mol. The molecular weight excluding hydrogens is 399 g/mol. The molecule has 4 nitrogen and oxygen atoms in total. The zero-order chi connectivity index (χ0) is 15.8. The van der Waals surface area contributed by atoms with Crippen LogP contribution in [0.15, 0.2) is 39.7 Å². The Balaban J connectivity index is 2.49. The van der Waals surface area contributed by atoms with Crippen LogP contribution in [0.2, 0.25) is 10.0 Å². The van der Waals surface area contributed by atoms with Crippen molar-refractivity contribution in [1.82, 2.24) is 0 Å². The van der Waals surface area contributed by atoms with Gasteiger partial charge in [0.25, 0.3) is 10.0 Å². The van der Waals surface area contributed by atoms with E-state index in [0.29, 0.717) is 5.69 Å². The summed E-state index contributed by atoms with van der Waals surface area (Å²) in [5, 5.41) is 0.111. The Morgan fingerprint density at radius 2 is 1.86 bits per heavy atom. The van der Waals surface area contributed by atoms with E-state index in [2.05, 4.69) is 20.7 Å². The molecule has 0 aliphatic rings. The van der Waals surface area contributed by atoms with Crippen molar-refractivity contribution in [3.63, 3.8) is 0 Å². The highest BCUT2D eigenvalue weighted by molar-refractivity contribution is 9.10. The average Bonchev–Trinajstić information content (AvgIpc) is 2.41. The number of benzene rings is 2. The van der Waals surface area contributed by atoms with Gasteiger partial charge in [-0.1, -0.05) is 45.2 Å². The topological polar surface area (TPSA) is 72.2 Å². The van der Waals surface area contributed by atoms with Gasteiger partial charge in [0.1, 0.15) is 4.90 Å². The number of hydrogen-bond acceptors (Lipinski definition) is 3. The number of nitrogens with one attached hydrogen (secondary N) is 1. The second-order valence-electron chi connectivity index (χ2n) is 4.29. The third-order valence-electron chi connectivity index (χ3n) is 2.89. The maximum absolute atomic E-state index is 12.4. The first-order valence-electron chi connectivity index (χ1n) is 5.75. The minimum Gasteiger partial charge on any atom is -0.396 e. The second kappa shape index (κ2) is 6.04. The molecule has 2 rings (SSSR count). The fourth-order valence-corrected chi connectivity index (χ4v) is 3.93. The van der Waals surface area contributed by atoms with E-state index in [4.69, 9.17) is 28.9 Å². The highest BCUT2D eigenvalue weighted by Crippen LogP contribution is 2.34. The molecule has 21 heavy (non-hydrogen) atoms. The molecule has 0 bridgehead atoms. The van der Waals surface area contributed by atoms with Gasteiger partial charge in [-0.15, -0.1) is 0 Å². The molecule has 0 amide bonds. The molecule has 3 N–H and O–H groups in total. The highest BCUT2D eigenvalue weighted by Gasteiger charge is 2.21. The lowest BCUT2D eigenvalue weighted by molar-refractivity contribution is 0.601. The standard InChI is InChI=1S/C13H11BrCl2N2O2S/c1-7-8(14)3-2-4-10(7)18-21(19,20)11-6-5-9(15)13(17)12(11)16/h2-6,18H,17H2,1H3. The molecule has 0 unspecified atom stereocenters. The van der Waals surface area contributed by atoms with Crippen LogP contribution in [0.5, 0.6) is 0 Å². The average molecular weight is 410 g/mol. The number of halogens is 3. The number of nitrogens with two attached hydrogens (primary N) is 1. The summed E-state index contributed by atoms with van der Waals surface area (Å²) < 4.78 is 28.2. The lowest BCUT2D eigenvalue weighted by Crippen LogP contribution is -2.15. The van der Waals surface area contributed by atoms with Crippen LogP contribution in [0, 0.1) is 6.92 Å². The van der Waals surface area contributed by atoms with Gasteiger partial charge in [0.15, 0.2) is 0 Å². The van der Waals surface area contributed by atoms with E-state index in [1.807, 2.05) is 6.07 Å². The van der Waals surface area contributed by atoms with Crippen LogP contribution in [0.4, 0.5) is 11.4 Å². The number of nitrogen functional groups attached to an aromatic ring is 1. The largest absolute Gasteiger partial charge is 0.396 e. The highest BCUT2D eigenvalue weighted by atomic mass is 79.9. The van der Waals surface area contributed by atoms with Crippen molar-refractivity contribution in [2.45, 2.75) is 11.8 Å². The lowest BCUT2D eigenvalue weighted by atomic mass is 10.2. The minimum atomic E-state index is -3.86. The minimum absolute atomic E-state index is 0.0344. The van der Waals surface area contributed by atoms with Gasteiger partial charge in [0.2, 0.25) is 0 Å². The van der Waals surface area contributed by atoms with Gasteiger partial charge < -0.3 is 5.73 Å². The van der Waals surface area contributed by atoms with Crippen molar-refractivity contribution >= 4 is 60.5 Å². The zero-order valence-corrected chi connectivity index (χ0v) is 14.7. The van der Waals surface area contributed by atoms with E-state index >= 15 is 0 Å². The van der Waals surface area contributed by atoms with Crippen LogP contribution in [-0.4, -0.2) is 8.42 Å². The maximum atomic E-state index is 12.4. The summed E-state index contributed by atoms with van der Waals surface area (Å²) in [5.74, 6) is 0. The SMILES string of the molecule is Cc1c(Br)cccc1NS(=O)(=O)c1ccc(Cl)c(N)c1Cl. The number of hydrogen-bond donors (Lipinski definition) is 2. The fraction of sp³-hybridized carbons (Fsp3) is 0.0769. The maximum Gasteiger partial charge on any atom is 0.263 e. The third kappa shape index (κ3) is 3.29. The molecule has 0 saturated heterocycles. The Labute approximate surface area is 141 Å². The normalized spacial score (nSPS) is 11.4. The summed E-state index contributed by atoms with van der Waals surface area (Å²) in [6.07, 6.45) is 0. The van der Waals surface area contributed by atoms with Crippen molar-refractivity contribution in [2.75, 3.05) is 10.5 Å². The molecule has 0 fully saturated rings. The van der Waals surface area contributed by atoms with Crippen LogP contribution in [0.25, 0.3) is 0 Å². The summed E-state index contributed by atoms with van der Waals surface area (Å²) in [4.78, 5) is -0.120. The van der Waals surface area contributed by atoms with Gasteiger partial charge in [0, 0.05) is 4.47 Å². The fourth-order valence-electron chi connectivity index (χ4n) is 1.67. The van der Waals surface area contributed by atoms with Crippen LogP contribution in [0.3, 0.4) is 0 Å². The molecule has 0 aliphatic carbocycles. The van der Waals surface area contributed by atoms with Gasteiger partial charge in [-0.2, -0.15) is 0 Å². The summed E-state index contributed by atoms with van der Waals surface area (Å²) in [6.45, 7) is 1.79. The smallest absolute Gasteiger partial charge is 0.263 e. The van der Waals surface area contributed by atoms with E-state index in [9.17, 15) is 8.42 Å². The van der Waals surface area contributed by atoms with Crippen LogP contribution in [0.1, 0.15) is 5.56 Å². The summed E-state index contributed by atoms with van der Waals surface area (Å²) in [5.41, 5.74) is 6.91. The quantitative estimate of drug-likeness (QED) is 0.735. The Morgan fingerprint density at radius 3 is 2.52 bits per heavy atom. The molecule has 112 valence electrons. The first kappa shape index (κ1) is 16.4. The number of anilines is 2. The van der Waals surface area contributed by atoms with Crippen molar-refractivity contribution in [3.8, 4) is 0 Å². The monoisotopic (exact) mass is 408 g/mol. The van der Waals surface area contributed by atoms with Crippen molar-refractivity contribution in [2.24, 2.45) is 0 Å². The van der Waals surface area contributed by atoms with Crippen LogP contribution < -0.4 is 10.5 Å². The van der Waals surface area contributed by atoms with E-state index in [1.165, 1.54) is 12.1 Å². The van der Waals surface area contributed by atoms with Crippen molar-refractivity contribution < 1.29 is 8.42 Å². The predicted octanol–water partition coefficient (Wildman–Crippen LogP) is 4.45. The van der Waals surface area contributed by atoms with Crippen molar-refractivity contribution in [3.05, 3.63) is 50.4 Å². The van der Waals surface area contributed by atoms with Crippen LogP contribution >= 0.6 is 39.1 Å². The van der Waals surface area contributed by atoms with Gasteiger partial charge in [-0.25, -0.2) is 8.42 Å². The van der Waals surface area contributed by atoms with Gasteiger partial charge in [-0.05, 0) is 36.8 Å². The first-order chi connectivity index (χ1) is 9.74. The second-order valence-corrected chi connectivity index (χ2v) is 7.58. The van der Waals surface area contributed by atoms with E-state index in [0.717, 1.165) is 10.0 Å². The van der Waals surface area contributed by atoms with Gasteiger partial charge in [0.05, 0.1) is 21.4 Å². The molecular formula is C13H11BrCl2N2O2S. The molecule has 0 spiro atoms. The Hall–Kier alpha value is -0.950. The Bertz CT molecular complexity index is 810. The third-order valence-corrected chi connectivity index (χ3v) is 6.01. The molecule has 0 aliphatic heterocycles. The molecule has 0 heterocycles. The van der Waals surface area contributed by atoms with E-state index in [1.54, 1.807) is 19.1 Å².